The number of hydrogen-bond donors (Lipinski definition) is 1. The minimum absolute atomic E-state index is 0.245. The van der Waals surface area contributed by atoms with Crippen molar-refractivity contribution in [2.75, 3.05) is 0 Å². The van der Waals surface area contributed by atoms with E-state index in [9.17, 15) is 4.39 Å². The predicted octanol–water partition coefficient (Wildman–Crippen LogP) is 4.65. The topological polar surface area (TPSA) is 28.7 Å². The number of H-pyrrole nitrogens is 1. The largest absolute Gasteiger partial charge is 0.337 e. The van der Waals surface area contributed by atoms with E-state index in [1.165, 1.54) is 21.5 Å². The zero-order valence-electron chi connectivity index (χ0n) is 9.11. The third kappa shape index (κ3) is 1.48. The normalized spacial score (nSPS) is 11.6. The molecule has 18 heavy (non-hydrogen) atoms. The molecule has 0 bridgehead atoms. The summed E-state index contributed by atoms with van der Waals surface area (Å²) in [6, 6.07) is 8.83. The second-order valence-electron chi connectivity index (χ2n) is 4.01. The van der Waals surface area contributed by atoms with Crippen LogP contribution in [0.4, 0.5) is 4.39 Å². The third-order valence-corrected chi connectivity index (χ3v) is 4.92. The molecular formula is C13H7FN2S2. The molecule has 4 aromatic rings. The Morgan fingerprint density at radius 3 is 2.94 bits per heavy atom. The van der Waals surface area contributed by atoms with Crippen molar-refractivity contribution < 1.29 is 4.39 Å². The molecule has 0 aliphatic rings. The van der Waals surface area contributed by atoms with E-state index in [1.54, 1.807) is 28.7 Å². The minimum atomic E-state index is -0.245. The average Bonchev–Trinajstić information content (AvgIpc) is 2.99. The van der Waals surface area contributed by atoms with Crippen molar-refractivity contribution in [3.63, 3.8) is 0 Å². The summed E-state index contributed by atoms with van der Waals surface area (Å²) in [5.41, 5.74) is 1.53. The van der Waals surface area contributed by atoms with Crippen LogP contribution in [0.2, 0.25) is 0 Å². The van der Waals surface area contributed by atoms with Crippen LogP contribution in [0.15, 0.2) is 35.7 Å². The highest BCUT2D eigenvalue weighted by atomic mass is 32.1. The molecule has 0 radical (unpaired) electrons. The number of benzene rings is 1. The number of rotatable bonds is 1. The lowest BCUT2D eigenvalue weighted by molar-refractivity contribution is 0.629. The summed E-state index contributed by atoms with van der Waals surface area (Å²) in [6.07, 6.45) is 0. The molecule has 0 saturated heterocycles. The van der Waals surface area contributed by atoms with Gasteiger partial charge in [-0.2, -0.15) is 0 Å². The molecule has 1 aromatic carbocycles. The van der Waals surface area contributed by atoms with Gasteiger partial charge in [0.2, 0.25) is 0 Å². The predicted molar refractivity (Wildman–Crippen MR) is 74.7 cm³/mol. The van der Waals surface area contributed by atoms with Gasteiger partial charge in [0.25, 0.3) is 0 Å². The van der Waals surface area contributed by atoms with Crippen molar-refractivity contribution in [3.05, 3.63) is 41.5 Å². The highest BCUT2D eigenvalue weighted by Crippen LogP contribution is 2.35. The van der Waals surface area contributed by atoms with Gasteiger partial charge in [-0.05, 0) is 35.7 Å². The van der Waals surface area contributed by atoms with E-state index < -0.39 is 0 Å². The van der Waals surface area contributed by atoms with Gasteiger partial charge in [0.05, 0.1) is 15.9 Å². The number of nitrogens with zero attached hydrogens (tertiary/aromatic N) is 1. The maximum atomic E-state index is 13.1. The highest BCUT2D eigenvalue weighted by Gasteiger charge is 2.10. The van der Waals surface area contributed by atoms with E-state index in [0.29, 0.717) is 0 Å². The molecule has 0 aliphatic heterocycles. The van der Waals surface area contributed by atoms with Gasteiger partial charge in [-0.3, -0.25) is 0 Å². The standard InChI is InChI=1S/C13H7FN2S2/c14-7-1-2-8-9(5-7)16-13(15-8)12-6-11-10(18-12)3-4-17-11/h1-6H,(H,15,16). The molecule has 3 aromatic heterocycles. The summed E-state index contributed by atoms with van der Waals surface area (Å²) >= 11 is 3.42. The Morgan fingerprint density at radius 2 is 2.06 bits per heavy atom. The van der Waals surface area contributed by atoms with Crippen LogP contribution in [0.3, 0.4) is 0 Å². The lowest BCUT2D eigenvalue weighted by atomic mass is 10.3. The molecule has 2 nitrogen and oxygen atoms in total. The van der Waals surface area contributed by atoms with Gasteiger partial charge in [0.15, 0.2) is 0 Å². The summed E-state index contributed by atoms with van der Waals surface area (Å²) in [4.78, 5) is 8.75. The first kappa shape index (κ1) is 10.2. The molecule has 0 unspecified atom stereocenters. The van der Waals surface area contributed by atoms with Crippen molar-refractivity contribution >= 4 is 43.1 Å². The van der Waals surface area contributed by atoms with Crippen LogP contribution in [-0.2, 0) is 0 Å². The number of hydrogen-bond acceptors (Lipinski definition) is 3. The highest BCUT2D eigenvalue weighted by molar-refractivity contribution is 7.28. The van der Waals surface area contributed by atoms with E-state index in [-0.39, 0.29) is 5.82 Å². The quantitative estimate of drug-likeness (QED) is 0.538. The molecule has 0 saturated carbocycles. The van der Waals surface area contributed by atoms with E-state index >= 15 is 0 Å². The van der Waals surface area contributed by atoms with Gasteiger partial charge in [0.1, 0.15) is 11.6 Å². The Balaban J connectivity index is 1.93. The fraction of sp³-hybridized carbons (Fsp3) is 0. The third-order valence-electron chi connectivity index (χ3n) is 2.82. The molecule has 1 N–H and O–H groups in total. The number of aromatic nitrogens is 2. The summed E-state index contributed by atoms with van der Waals surface area (Å²) in [7, 11) is 0. The molecule has 4 rings (SSSR count). The Hall–Kier alpha value is -1.72. The molecule has 0 aliphatic carbocycles. The Morgan fingerprint density at radius 1 is 1.11 bits per heavy atom. The summed E-state index contributed by atoms with van der Waals surface area (Å²) in [5, 5.41) is 2.08. The molecule has 88 valence electrons. The van der Waals surface area contributed by atoms with Crippen LogP contribution in [0, 0.1) is 5.82 Å². The second-order valence-corrected chi connectivity index (χ2v) is 6.04. The maximum Gasteiger partial charge on any atom is 0.148 e. The zero-order valence-corrected chi connectivity index (χ0v) is 10.7. The van der Waals surface area contributed by atoms with Crippen LogP contribution >= 0.6 is 22.7 Å². The number of fused-ring (bicyclic) bond motifs is 2. The van der Waals surface area contributed by atoms with Crippen LogP contribution in [0.25, 0.3) is 31.1 Å². The van der Waals surface area contributed by atoms with Crippen molar-refractivity contribution in [1.29, 1.82) is 0 Å². The number of imidazole rings is 1. The van der Waals surface area contributed by atoms with Gasteiger partial charge in [0, 0.05) is 9.40 Å². The van der Waals surface area contributed by atoms with E-state index in [0.717, 1.165) is 21.7 Å². The van der Waals surface area contributed by atoms with Gasteiger partial charge >= 0.3 is 0 Å². The van der Waals surface area contributed by atoms with Crippen molar-refractivity contribution in [1.82, 2.24) is 9.97 Å². The van der Waals surface area contributed by atoms with Crippen molar-refractivity contribution in [2.24, 2.45) is 0 Å². The van der Waals surface area contributed by atoms with Gasteiger partial charge in [-0.25, -0.2) is 9.37 Å². The number of thiophene rings is 2. The first-order valence-electron chi connectivity index (χ1n) is 5.42. The van der Waals surface area contributed by atoms with Gasteiger partial charge in [-0.15, -0.1) is 22.7 Å². The molecule has 3 heterocycles. The minimum Gasteiger partial charge on any atom is -0.337 e. The summed E-state index contributed by atoms with van der Waals surface area (Å²) < 4.78 is 15.7. The zero-order chi connectivity index (χ0) is 12.1. The Kier molecular flexibility index (Phi) is 2.06. The molecule has 5 heteroatoms. The average molecular weight is 274 g/mol. The maximum absolute atomic E-state index is 13.1. The molecule has 0 fully saturated rings. The first-order valence-corrected chi connectivity index (χ1v) is 7.12. The lowest BCUT2D eigenvalue weighted by Crippen LogP contribution is -1.72. The smallest absolute Gasteiger partial charge is 0.148 e. The number of nitrogens with one attached hydrogen (secondary N) is 1. The van der Waals surface area contributed by atoms with Crippen LogP contribution < -0.4 is 0 Å². The van der Waals surface area contributed by atoms with Crippen LogP contribution in [0.1, 0.15) is 0 Å². The fourth-order valence-electron chi connectivity index (χ4n) is 1.98. The Bertz CT molecular complexity index is 828. The molecular weight excluding hydrogens is 267 g/mol. The first-order chi connectivity index (χ1) is 8.79. The Labute approximate surface area is 110 Å². The number of aromatic amines is 1. The molecule has 0 spiro atoms. The monoisotopic (exact) mass is 274 g/mol. The van der Waals surface area contributed by atoms with Gasteiger partial charge in [-0.1, -0.05) is 0 Å². The van der Waals surface area contributed by atoms with E-state index in [4.69, 9.17) is 0 Å². The second kappa shape index (κ2) is 3.63. The van der Waals surface area contributed by atoms with Gasteiger partial charge < -0.3 is 4.98 Å². The fourth-order valence-corrected chi connectivity index (χ4v) is 4.03. The summed E-state index contributed by atoms with van der Waals surface area (Å²) in [6.45, 7) is 0. The SMILES string of the molecule is Fc1ccc2nc(-c3cc4sccc4s3)[nH]c2c1. The van der Waals surface area contributed by atoms with E-state index in [1.807, 2.05) is 0 Å². The van der Waals surface area contributed by atoms with Crippen molar-refractivity contribution in [3.8, 4) is 10.7 Å². The lowest BCUT2D eigenvalue weighted by Gasteiger charge is -1.87. The molecule has 0 atom stereocenters. The van der Waals surface area contributed by atoms with Crippen LogP contribution in [0.5, 0.6) is 0 Å². The van der Waals surface area contributed by atoms with E-state index in [2.05, 4.69) is 27.5 Å². The van der Waals surface area contributed by atoms with Crippen LogP contribution in [-0.4, -0.2) is 9.97 Å². The number of halogens is 1. The van der Waals surface area contributed by atoms with Crippen molar-refractivity contribution in [2.45, 2.75) is 0 Å². The summed E-state index contributed by atoms with van der Waals surface area (Å²) in [5.74, 6) is 0.564. The molecule has 0 amide bonds.